The van der Waals surface area contributed by atoms with E-state index in [0.29, 0.717) is 10.9 Å². The van der Waals surface area contributed by atoms with E-state index in [4.69, 9.17) is 16.3 Å². The third-order valence-electron chi connectivity index (χ3n) is 3.20. The van der Waals surface area contributed by atoms with Crippen molar-refractivity contribution in [3.8, 4) is 5.75 Å². The zero-order valence-electron chi connectivity index (χ0n) is 11.6. The number of hydrogen-bond acceptors (Lipinski definition) is 2. The number of rotatable bonds is 8. The lowest BCUT2D eigenvalue weighted by molar-refractivity contribution is 0.240. The zero-order valence-corrected chi connectivity index (χ0v) is 12.4. The molecule has 0 unspecified atom stereocenters. The number of halogens is 1. The highest BCUT2D eigenvalue weighted by atomic mass is 35.5. The van der Waals surface area contributed by atoms with Gasteiger partial charge in [-0.15, -0.1) is 0 Å². The first-order chi connectivity index (χ1) is 8.71. The molecular formula is C15H24ClNO. The molecule has 1 N–H and O–H groups in total. The largest absolute Gasteiger partial charge is 0.492 e. The van der Waals surface area contributed by atoms with Crippen LogP contribution in [0.15, 0.2) is 18.2 Å². The molecule has 0 atom stereocenters. The Morgan fingerprint density at radius 3 is 2.50 bits per heavy atom. The summed E-state index contributed by atoms with van der Waals surface area (Å²) in [5.74, 6) is 1.41. The van der Waals surface area contributed by atoms with Crippen LogP contribution in [-0.4, -0.2) is 13.2 Å². The van der Waals surface area contributed by atoms with Gasteiger partial charge in [0.25, 0.3) is 0 Å². The van der Waals surface area contributed by atoms with Crippen LogP contribution in [0.4, 0.5) is 0 Å². The first-order valence-electron chi connectivity index (χ1n) is 6.83. The highest BCUT2D eigenvalue weighted by Gasteiger charge is 2.07. The second-order valence-electron chi connectivity index (χ2n) is 4.54. The molecule has 0 saturated carbocycles. The Morgan fingerprint density at radius 2 is 1.94 bits per heavy atom. The highest BCUT2D eigenvalue weighted by molar-refractivity contribution is 6.32. The highest BCUT2D eigenvalue weighted by Crippen LogP contribution is 2.26. The zero-order chi connectivity index (χ0) is 13.4. The second kappa shape index (κ2) is 8.39. The van der Waals surface area contributed by atoms with Gasteiger partial charge in [0, 0.05) is 6.54 Å². The molecule has 0 aliphatic carbocycles. The molecule has 0 saturated heterocycles. The lowest BCUT2D eigenvalue weighted by atomic mass is 10.1. The van der Waals surface area contributed by atoms with Gasteiger partial charge in [-0.25, -0.2) is 0 Å². The minimum atomic E-state index is 0.613. The predicted molar refractivity (Wildman–Crippen MR) is 78.4 cm³/mol. The van der Waals surface area contributed by atoms with Crippen molar-refractivity contribution in [1.29, 1.82) is 0 Å². The van der Waals surface area contributed by atoms with Crippen molar-refractivity contribution in [1.82, 2.24) is 5.32 Å². The van der Waals surface area contributed by atoms with Crippen LogP contribution < -0.4 is 10.1 Å². The van der Waals surface area contributed by atoms with Crippen LogP contribution in [0.3, 0.4) is 0 Å². The maximum absolute atomic E-state index is 6.23. The Balaban J connectivity index is 2.56. The summed E-state index contributed by atoms with van der Waals surface area (Å²) in [5.41, 5.74) is 1.19. The Bertz CT molecular complexity index is 350. The van der Waals surface area contributed by atoms with Crippen molar-refractivity contribution in [3.63, 3.8) is 0 Å². The monoisotopic (exact) mass is 269 g/mol. The SMILES string of the molecule is CCNCc1ccc(OCC(CC)CC)c(Cl)c1. The molecule has 0 aliphatic rings. The minimum Gasteiger partial charge on any atom is -0.492 e. The third-order valence-corrected chi connectivity index (χ3v) is 3.50. The minimum absolute atomic E-state index is 0.613. The van der Waals surface area contributed by atoms with Gasteiger partial charge in [0.05, 0.1) is 11.6 Å². The Labute approximate surface area is 116 Å². The van der Waals surface area contributed by atoms with Gasteiger partial charge in [-0.05, 0) is 30.2 Å². The quantitative estimate of drug-likeness (QED) is 0.761. The fourth-order valence-electron chi connectivity index (χ4n) is 1.77. The smallest absolute Gasteiger partial charge is 0.137 e. The van der Waals surface area contributed by atoms with Crippen LogP contribution >= 0.6 is 11.6 Å². The van der Waals surface area contributed by atoms with Crippen LogP contribution in [-0.2, 0) is 6.54 Å². The molecule has 0 bridgehead atoms. The fraction of sp³-hybridized carbons (Fsp3) is 0.600. The summed E-state index contributed by atoms with van der Waals surface area (Å²) < 4.78 is 5.79. The molecule has 0 radical (unpaired) electrons. The molecule has 0 amide bonds. The van der Waals surface area contributed by atoms with E-state index >= 15 is 0 Å². The number of nitrogens with one attached hydrogen (secondary N) is 1. The number of ether oxygens (including phenoxy) is 1. The van der Waals surface area contributed by atoms with E-state index in [1.165, 1.54) is 5.56 Å². The van der Waals surface area contributed by atoms with Crippen molar-refractivity contribution in [2.75, 3.05) is 13.2 Å². The first-order valence-corrected chi connectivity index (χ1v) is 7.20. The molecule has 1 rings (SSSR count). The summed E-state index contributed by atoms with van der Waals surface area (Å²) in [5, 5.41) is 3.99. The van der Waals surface area contributed by atoms with Gasteiger partial charge in [0.15, 0.2) is 0 Å². The van der Waals surface area contributed by atoms with E-state index in [1.807, 2.05) is 12.1 Å². The summed E-state index contributed by atoms with van der Waals surface area (Å²) in [7, 11) is 0. The summed E-state index contributed by atoms with van der Waals surface area (Å²) in [6, 6.07) is 6.01. The molecule has 1 aromatic rings. The predicted octanol–water partition coefficient (Wildman–Crippen LogP) is 4.26. The molecule has 0 fully saturated rings. The van der Waals surface area contributed by atoms with Crippen LogP contribution in [0.2, 0.25) is 5.02 Å². The van der Waals surface area contributed by atoms with Crippen molar-refractivity contribution in [3.05, 3.63) is 28.8 Å². The van der Waals surface area contributed by atoms with Crippen molar-refractivity contribution < 1.29 is 4.74 Å². The van der Waals surface area contributed by atoms with E-state index in [0.717, 1.165) is 38.3 Å². The number of benzene rings is 1. The van der Waals surface area contributed by atoms with Crippen LogP contribution in [0, 0.1) is 5.92 Å². The normalized spacial score (nSPS) is 10.9. The summed E-state index contributed by atoms with van der Waals surface area (Å²) in [6.45, 7) is 9.04. The Hall–Kier alpha value is -0.730. The van der Waals surface area contributed by atoms with Gasteiger partial charge in [-0.3, -0.25) is 0 Å². The van der Waals surface area contributed by atoms with Crippen LogP contribution in [0.1, 0.15) is 39.2 Å². The topological polar surface area (TPSA) is 21.3 Å². The molecule has 0 spiro atoms. The van der Waals surface area contributed by atoms with Crippen LogP contribution in [0.5, 0.6) is 5.75 Å². The van der Waals surface area contributed by atoms with E-state index in [1.54, 1.807) is 0 Å². The van der Waals surface area contributed by atoms with Crippen molar-refractivity contribution >= 4 is 11.6 Å². The molecule has 1 aromatic carbocycles. The van der Waals surface area contributed by atoms with E-state index in [2.05, 4.69) is 32.2 Å². The molecule has 18 heavy (non-hydrogen) atoms. The van der Waals surface area contributed by atoms with Gasteiger partial charge >= 0.3 is 0 Å². The lowest BCUT2D eigenvalue weighted by Crippen LogP contribution is -2.12. The van der Waals surface area contributed by atoms with Crippen LogP contribution in [0.25, 0.3) is 0 Å². The van der Waals surface area contributed by atoms with Gasteiger partial charge in [0.2, 0.25) is 0 Å². The van der Waals surface area contributed by atoms with Gasteiger partial charge in [-0.2, -0.15) is 0 Å². The summed E-state index contributed by atoms with van der Waals surface area (Å²) >= 11 is 6.23. The lowest BCUT2D eigenvalue weighted by Gasteiger charge is -2.15. The maximum Gasteiger partial charge on any atom is 0.137 e. The average molecular weight is 270 g/mol. The Kier molecular flexibility index (Phi) is 7.14. The van der Waals surface area contributed by atoms with Gasteiger partial charge in [-0.1, -0.05) is 51.3 Å². The van der Waals surface area contributed by atoms with Gasteiger partial charge < -0.3 is 10.1 Å². The molecule has 102 valence electrons. The van der Waals surface area contributed by atoms with Gasteiger partial charge in [0.1, 0.15) is 5.75 Å². The second-order valence-corrected chi connectivity index (χ2v) is 4.95. The maximum atomic E-state index is 6.23. The number of hydrogen-bond donors (Lipinski definition) is 1. The van der Waals surface area contributed by atoms with E-state index < -0.39 is 0 Å². The Morgan fingerprint density at radius 1 is 1.22 bits per heavy atom. The van der Waals surface area contributed by atoms with Crippen molar-refractivity contribution in [2.24, 2.45) is 5.92 Å². The molecule has 3 heteroatoms. The standard InChI is InChI=1S/C15H24ClNO/c1-4-12(5-2)11-18-15-8-7-13(9-14(15)16)10-17-6-3/h7-9,12,17H,4-6,10-11H2,1-3H3. The van der Waals surface area contributed by atoms with Crippen molar-refractivity contribution in [2.45, 2.75) is 40.2 Å². The molecule has 0 heterocycles. The fourth-order valence-corrected chi connectivity index (χ4v) is 2.03. The molecule has 0 aromatic heterocycles. The first kappa shape index (κ1) is 15.3. The molecule has 2 nitrogen and oxygen atoms in total. The molecular weight excluding hydrogens is 246 g/mol. The third kappa shape index (κ3) is 4.87. The van der Waals surface area contributed by atoms with E-state index in [-0.39, 0.29) is 0 Å². The average Bonchev–Trinajstić information content (AvgIpc) is 2.39. The summed E-state index contributed by atoms with van der Waals surface area (Å²) in [6.07, 6.45) is 2.29. The van der Waals surface area contributed by atoms with E-state index in [9.17, 15) is 0 Å². The summed E-state index contributed by atoms with van der Waals surface area (Å²) in [4.78, 5) is 0. The molecule has 0 aliphatic heterocycles.